The molecule has 0 aliphatic carbocycles. The van der Waals surface area contributed by atoms with Gasteiger partial charge in [-0.25, -0.2) is 0 Å². The molecule has 4 aliphatic heterocycles. The van der Waals surface area contributed by atoms with Crippen LogP contribution in [0.25, 0.3) is 0 Å². The summed E-state index contributed by atoms with van der Waals surface area (Å²) in [5, 5.41) is 45.4. The van der Waals surface area contributed by atoms with Crippen LogP contribution in [0, 0.1) is 5.92 Å². The number of ether oxygens (including phenoxy) is 3. The van der Waals surface area contributed by atoms with E-state index in [1.807, 2.05) is 149 Å². The van der Waals surface area contributed by atoms with Gasteiger partial charge in [0.2, 0.25) is 11.8 Å². The maximum atomic E-state index is 16.2. The number of aliphatic hydroxyl groups is 3. The number of carbonyl (C=O) groups is 3. The number of hydrogen-bond acceptors (Lipinski definition) is 14. The van der Waals surface area contributed by atoms with Crippen LogP contribution in [-0.4, -0.2) is 125 Å². The minimum Gasteiger partial charge on any atom is -0.494 e. The zero-order chi connectivity index (χ0) is 57.7. The molecule has 3 amide bonds. The van der Waals surface area contributed by atoms with Crippen molar-refractivity contribution in [1.29, 1.82) is 0 Å². The van der Waals surface area contributed by atoms with Crippen LogP contribution in [0.1, 0.15) is 92.3 Å². The Balaban J connectivity index is 1.04. The molecule has 18 nitrogen and oxygen atoms in total. The van der Waals surface area contributed by atoms with Crippen molar-refractivity contribution in [2.45, 2.75) is 127 Å². The molecular weight excluding hydrogens is 1060 g/mol. The van der Waals surface area contributed by atoms with Crippen molar-refractivity contribution in [3.8, 4) is 11.5 Å². The number of benzene rings is 5. The van der Waals surface area contributed by atoms with E-state index in [0.29, 0.717) is 123 Å². The van der Waals surface area contributed by atoms with Gasteiger partial charge >= 0.3 is 0 Å². The summed E-state index contributed by atoms with van der Waals surface area (Å²) in [4.78, 5) is 63.4. The molecule has 0 radical (unpaired) electrons. The van der Waals surface area contributed by atoms with Gasteiger partial charge in [0, 0.05) is 54.4 Å². The lowest BCUT2D eigenvalue weighted by Crippen LogP contribution is -2.49. The van der Waals surface area contributed by atoms with Crippen LogP contribution in [-0.2, 0) is 50.7 Å². The molecule has 1 saturated heterocycles. The summed E-state index contributed by atoms with van der Waals surface area (Å²) >= 11 is 0. The van der Waals surface area contributed by atoms with Crippen molar-refractivity contribution < 1.29 is 48.7 Å². The van der Waals surface area contributed by atoms with E-state index in [1.165, 1.54) is 0 Å². The van der Waals surface area contributed by atoms with E-state index >= 15 is 4.79 Å². The Labute approximate surface area is 481 Å². The number of unbranched alkanes of at least 4 members (excludes halogenated alkanes) is 2. The smallest absolute Gasteiger partial charge is 0.264 e. The Hall–Kier alpha value is -6.81. The van der Waals surface area contributed by atoms with Crippen LogP contribution in [0.4, 0.5) is 28.4 Å². The highest BCUT2D eigenvalue weighted by molar-refractivity contribution is 6.71. The quantitative estimate of drug-likeness (QED) is 0.0241. The second-order valence-electron chi connectivity index (χ2n) is 22.5. The first-order valence-electron chi connectivity index (χ1n) is 29.1. The molecule has 82 heavy (non-hydrogen) atoms. The lowest BCUT2D eigenvalue weighted by atomic mass is 9.82. The predicted molar refractivity (Wildman–Crippen MR) is 316 cm³/mol. The highest BCUT2D eigenvalue weighted by Crippen LogP contribution is 2.61. The summed E-state index contributed by atoms with van der Waals surface area (Å²) in [6.45, 7) is 12.1. The highest BCUT2D eigenvalue weighted by atomic mass is 28.4. The topological polar surface area (TPSA) is 224 Å². The SMILES string of the molecule is CCOc1ccc2c(c1)CC(NCCCCO)C(=O)N2c1cccc(CN2C(=O)[C@@]3(O[C@@H](CCn4cc(C(CO)c5ccccc5)nn4)[C@H]([Si](C)(C)O)[C@H]3C)c3cc(N4C(=O)C(NCCCCO)Cc5cc(OCC)ccc54)ccc32)c1. The van der Waals surface area contributed by atoms with Crippen molar-refractivity contribution in [2.75, 3.05) is 60.8 Å². The molecule has 1 spiro atoms. The Kier molecular flexibility index (Phi) is 18.1. The lowest BCUT2D eigenvalue weighted by Gasteiger charge is -2.36. The molecule has 3 unspecified atom stereocenters. The first kappa shape index (κ1) is 58.4. The van der Waals surface area contributed by atoms with Crippen molar-refractivity contribution in [3.05, 3.63) is 149 Å². The van der Waals surface area contributed by atoms with Gasteiger partial charge in [-0.2, -0.15) is 0 Å². The zero-order valence-electron chi connectivity index (χ0n) is 47.7. The van der Waals surface area contributed by atoms with Crippen LogP contribution in [0.3, 0.4) is 0 Å². The fourth-order valence-electron chi connectivity index (χ4n) is 12.9. The predicted octanol–water partition coefficient (Wildman–Crippen LogP) is 7.54. The number of nitrogens with one attached hydrogen (secondary N) is 2. The van der Waals surface area contributed by atoms with E-state index in [1.54, 1.807) is 19.4 Å². The van der Waals surface area contributed by atoms with Gasteiger partial charge in [0.1, 0.15) is 11.5 Å². The van der Waals surface area contributed by atoms with Crippen molar-refractivity contribution in [1.82, 2.24) is 25.6 Å². The summed E-state index contributed by atoms with van der Waals surface area (Å²) in [5.74, 6) is -0.105. The third kappa shape index (κ3) is 11.6. The third-order valence-electron chi connectivity index (χ3n) is 16.7. The van der Waals surface area contributed by atoms with Crippen molar-refractivity contribution in [2.24, 2.45) is 5.92 Å². The van der Waals surface area contributed by atoms with Gasteiger partial charge < -0.3 is 49.9 Å². The van der Waals surface area contributed by atoms with Gasteiger partial charge in [0.15, 0.2) is 13.9 Å². The van der Waals surface area contributed by atoms with Gasteiger partial charge in [-0.05, 0) is 174 Å². The molecule has 434 valence electrons. The fraction of sp³-hybridized carbons (Fsp3) is 0.444. The minimum atomic E-state index is -3.16. The molecule has 6 aromatic rings. The molecule has 1 aromatic heterocycles. The number of carbonyl (C=O) groups excluding carboxylic acids is 3. The molecule has 4 aliphatic rings. The Morgan fingerprint density at radius 1 is 0.732 bits per heavy atom. The van der Waals surface area contributed by atoms with Crippen LogP contribution in [0.15, 0.2) is 115 Å². The summed E-state index contributed by atoms with van der Waals surface area (Å²) in [7, 11) is -3.16. The van der Waals surface area contributed by atoms with Gasteiger partial charge in [-0.1, -0.05) is 54.6 Å². The van der Waals surface area contributed by atoms with Gasteiger partial charge in [0.25, 0.3) is 5.91 Å². The summed E-state index contributed by atoms with van der Waals surface area (Å²) in [6, 6.07) is 33.5. The number of aromatic nitrogens is 3. The van der Waals surface area contributed by atoms with Crippen LogP contribution < -0.4 is 34.8 Å². The average molecular weight is 1140 g/mol. The number of fused-ring (bicyclic) bond motifs is 4. The second kappa shape index (κ2) is 25.4. The standard InChI is InChI=1S/C63H78N8O10Si/c1-6-79-48-21-24-55-44(33-48)35-52(64-27-11-13-30-72)60(75)70(55)46-19-15-16-42(32-46)38-69-57-23-20-47(71-56-25-22-49(80-7-2)34-45(56)36-53(61(71)76)65-28-12-14-31-73)37-51(57)63(62(69)77)41(3)59(82(4,5)78)58(81-63)26-29-68-39-54(66-67-68)50(40-74)43-17-9-8-10-18-43/h8-10,15-25,32-34,37,39,41,50,52-53,58-59,64-65,72-74,78H,6-7,11-14,26-31,35-36,38,40H2,1-5H3/t41-,50?,52?,53?,58+,59-,63+/m1/s1. The summed E-state index contributed by atoms with van der Waals surface area (Å²) in [6.07, 6.45) is 5.11. The molecule has 1 fully saturated rings. The molecular formula is C63H78N8O10Si. The summed E-state index contributed by atoms with van der Waals surface area (Å²) < 4.78 is 21.0. The molecule has 10 rings (SSSR count). The molecule has 7 atom stereocenters. The summed E-state index contributed by atoms with van der Waals surface area (Å²) in [5.41, 5.74) is 5.90. The van der Waals surface area contributed by atoms with Gasteiger partial charge in [-0.3, -0.25) is 28.9 Å². The second-order valence-corrected chi connectivity index (χ2v) is 26.5. The Bertz CT molecular complexity index is 3230. The molecule has 5 heterocycles. The maximum Gasteiger partial charge on any atom is 0.264 e. The van der Waals surface area contributed by atoms with Crippen molar-refractivity contribution in [3.63, 3.8) is 0 Å². The van der Waals surface area contributed by atoms with E-state index < -0.39 is 43.6 Å². The number of anilines is 5. The monoisotopic (exact) mass is 1130 g/mol. The highest BCUT2D eigenvalue weighted by Gasteiger charge is 2.66. The van der Waals surface area contributed by atoms with E-state index in [9.17, 15) is 29.7 Å². The van der Waals surface area contributed by atoms with Crippen molar-refractivity contribution >= 4 is 54.5 Å². The Morgan fingerprint density at radius 3 is 1.90 bits per heavy atom. The average Bonchev–Trinajstić information content (AvgIpc) is 2.34. The van der Waals surface area contributed by atoms with Gasteiger partial charge in [0.05, 0.1) is 73.2 Å². The minimum absolute atomic E-state index is 0.0541. The first-order valence-corrected chi connectivity index (χ1v) is 32.1. The first-order chi connectivity index (χ1) is 39.7. The van der Waals surface area contributed by atoms with E-state index in [2.05, 4.69) is 20.9 Å². The number of hydrogen-bond donors (Lipinski definition) is 6. The molecule has 5 aromatic carbocycles. The third-order valence-corrected chi connectivity index (χ3v) is 19.2. The van der Waals surface area contributed by atoms with Crippen LogP contribution in [0.5, 0.6) is 11.5 Å². The number of nitrogens with zero attached hydrogens (tertiary/aromatic N) is 6. The largest absolute Gasteiger partial charge is 0.494 e. The Morgan fingerprint density at radius 2 is 1.33 bits per heavy atom. The fourth-order valence-corrected chi connectivity index (χ4v) is 15.5. The molecule has 19 heteroatoms. The number of aliphatic hydroxyl groups excluding tert-OH is 3. The van der Waals surface area contributed by atoms with Crippen LogP contribution >= 0.6 is 0 Å². The number of amides is 3. The van der Waals surface area contributed by atoms with E-state index in [0.717, 1.165) is 27.9 Å². The number of aryl methyl sites for hydroxylation is 1. The zero-order valence-corrected chi connectivity index (χ0v) is 48.7. The van der Waals surface area contributed by atoms with E-state index in [-0.39, 0.29) is 50.0 Å². The molecule has 0 saturated carbocycles. The van der Waals surface area contributed by atoms with Gasteiger partial charge in [-0.15, -0.1) is 5.10 Å². The maximum absolute atomic E-state index is 16.2. The molecule has 0 bridgehead atoms. The normalized spacial score (nSPS) is 21.7. The van der Waals surface area contributed by atoms with Crippen LogP contribution in [0.2, 0.25) is 18.6 Å². The lowest BCUT2D eigenvalue weighted by molar-refractivity contribution is -0.146. The number of rotatable bonds is 25. The molecule has 6 N–H and O–H groups in total. The van der Waals surface area contributed by atoms with E-state index in [4.69, 9.17) is 14.2 Å².